The second-order valence-corrected chi connectivity index (χ2v) is 6.41. The largest absolute Gasteiger partial charge is 0.390 e. The Balaban J connectivity index is 0.00000576. The number of guanidine groups is 1. The molecule has 1 aromatic heterocycles. The van der Waals surface area contributed by atoms with Gasteiger partial charge < -0.3 is 10.6 Å². The third-order valence-electron chi connectivity index (χ3n) is 2.66. The molecule has 3 N–H and O–H groups in total. The zero-order valence-electron chi connectivity index (χ0n) is 13.5. The molecule has 0 aliphatic rings. The lowest BCUT2D eigenvalue weighted by Gasteiger charge is -2.12. The Labute approximate surface area is 162 Å². The summed E-state index contributed by atoms with van der Waals surface area (Å²) in [5, 5.41) is 5.54. The minimum absolute atomic E-state index is 0. The molecule has 1 aromatic rings. The molecule has 0 radical (unpaired) electrons. The van der Waals surface area contributed by atoms with E-state index in [0.717, 1.165) is 0 Å². The van der Waals surface area contributed by atoms with Gasteiger partial charge in [-0.2, -0.15) is 13.2 Å². The van der Waals surface area contributed by atoms with Crippen LogP contribution in [0.15, 0.2) is 34.4 Å². The third kappa shape index (κ3) is 10.4. The van der Waals surface area contributed by atoms with Gasteiger partial charge in [-0.25, -0.2) is 13.1 Å². The van der Waals surface area contributed by atoms with E-state index in [1.54, 1.807) is 6.92 Å². The predicted octanol–water partition coefficient (Wildman–Crippen LogP) is 1.49. The molecule has 0 aromatic carbocycles. The molecule has 1 rings (SSSR count). The van der Waals surface area contributed by atoms with Crippen LogP contribution >= 0.6 is 24.0 Å². The monoisotopic (exact) mass is 495 g/mol. The van der Waals surface area contributed by atoms with E-state index in [2.05, 4.69) is 25.3 Å². The highest BCUT2D eigenvalue weighted by atomic mass is 127. The molecule has 0 atom stereocenters. The zero-order chi connectivity index (χ0) is 18.1. The van der Waals surface area contributed by atoms with Crippen LogP contribution in [-0.4, -0.2) is 51.7 Å². The summed E-state index contributed by atoms with van der Waals surface area (Å²) in [5.41, 5.74) is 0. The number of hydrogen-bond acceptors (Lipinski definition) is 4. The van der Waals surface area contributed by atoms with Crippen molar-refractivity contribution in [3.63, 3.8) is 0 Å². The normalized spacial score (nSPS) is 12.4. The number of alkyl halides is 3. The quantitative estimate of drug-likeness (QED) is 0.220. The van der Waals surface area contributed by atoms with Gasteiger partial charge in [-0.1, -0.05) is 0 Å². The first-order valence-electron chi connectivity index (χ1n) is 7.23. The fourth-order valence-electron chi connectivity index (χ4n) is 1.59. The first-order chi connectivity index (χ1) is 11.2. The molecule has 0 saturated carbocycles. The van der Waals surface area contributed by atoms with Crippen molar-refractivity contribution in [2.24, 2.45) is 4.99 Å². The number of nitrogens with one attached hydrogen (secondary N) is 3. The number of rotatable bonds is 8. The van der Waals surface area contributed by atoms with E-state index < -0.39 is 29.2 Å². The number of sulfonamides is 1. The van der Waals surface area contributed by atoms with Crippen molar-refractivity contribution in [3.8, 4) is 0 Å². The molecular formula is C13H21F3IN5O2S. The molecule has 0 bridgehead atoms. The van der Waals surface area contributed by atoms with E-state index >= 15 is 0 Å². The van der Waals surface area contributed by atoms with Gasteiger partial charge in [-0.3, -0.25) is 9.98 Å². The molecule has 0 aliphatic carbocycles. The van der Waals surface area contributed by atoms with Crippen molar-refractivity contribution < 1.29 is 21.6 Å². The number of halogens is 4. The molecular weight excluding hydrogens is 474 g/mol. The van der Waals surface area contributed by atoms with Crippen LogP contribution in [0.4, 0.5) is 13.2 Å². The molecule has 144 valence electrons. The van der Waals surface area contributed by atoms with Crippen LogP contribution in [0.2, 0.25) is 0 Å². The highest BCUT2D eigenvalue weighted by Gasteiger charge is 2.26. The maximum absolute atomic E-state index is 12.1. The number of aromatic nitrogens is 1. The van der Waals surface area contributed by atoms with E-state index in [1.165, 1.54) is 24.5 Å². The van der Waals surface area contributed by atoms with E-state index in [0.29, 0.717) is 6.54 Å². The smallest absolute Gasteiger partial charge is 0.357 e. The second kappa shape index (κ2) is 11.5. The molecule has 0 amide bonds. The Bertz CT molecular complexity index is 626. The predicted molar refractivity (Wildman–Crippen MR) is 99.5 cm³/mol. The maximum atomic E-state index is 12.1. The van der Waals surface area contributed by atoms with Crippen molar-refractivity contribution in [2.45, 2.75) is 24.4 Å². The Hall–Kier alpha value is -1.15. The highest BCUT2D eigenvalue weighted by molar-refractivity contribution is 14.0. The minimum Gasteiger partial charge on any atom is -0.357 e. The fraction of sp³-hybridized carbons (Fsp3) is 0.538. The van der Waals surface area contributed by atoms with E-state index in [-0.39, 0.29) is 47.9 Å². The number of aliphatic imine (C=N–C) groups is 1. The van der Waals surface area contributed by atoms with Crippen LogP contribution < -0.4 is 15.4 Å². The van der Waals surface area contributed by atoms with Crippen LogP contribution in [0, 0.1) is 0 Å². The Morgan fingerprint density at radius 3 is 2.56 bits per heavy atom. The Morgan fingerprint density at radius 1 is 1.28 bits per heavy atom. The molecule has 0 aliphatic heterocycles. The van der Waals surface area contributed by atoms with Crippen LogP contribution in [0.5, 0.6) is 0 Å². The lowest BCUT2D eigenvalue weighted by molar-refractivity contribution is -0.132. The lowest BCUT2D eigenvalue weighted by atomic mass is 10.4. The summed E-state index contributed by atoms with van der Waals surface area (Å²) in [4.78, 5) is 7.55. The SMILES string of the molecule is CCNC(=NCCC(F)(F)F)NCCNS(=O)(=O)c1cccnc1.I. The molecule has 12 heteroatoms. The van der Waals surface area contributed by atoms with E-state index in [4.69, 9.17) is 0 Å². The maximum Gasteiger partial charge on any atom is 0.390 e. The van der Waals surface area contributed by atoms with Crippen LogP contribution in [-0.2, 0) is 10.0 Å². The zero-order valence-corrected chi connectivity index (χ0v) is 16.7. The standard InChI is InChI=1S/C13H20F3N5O2S.HI/c1-2-18-12(19-7-5-13(14,15)16)20-8-9-21-24(22,23)11-4-3-6-17-10-11;/h3-4,6,10,21H,2,5,7-9H2,1H3,(H2,18,19,20);1H. The average Bonchev–Trinajstić information content (AvgIpc) is 2.51. The molecule has 0 spiro atoms. The van der Waals surface area contributed by atoms with Gasteiger partial charge in [0.15, 0.2) is 5.96 Å². The average molecular weight is 495 g/mol. The minimum atomic E-state index is -4.26. The fourth-order valence-corrected chi connectivity index (χ4v) is 2.59. The summed E-state index contributed by atoms with van der Waals surface area (Å²) in [6.07, 6.45) is -2.60. The molecule has 0 unspecified atom stereocenters. The second-order valence-electron chi connectivity index (χ2n) is 4.64. The van der Waals surface area contributed by atoms with Crippen molar-refractivity contribution >= 4 is 40.0 Å². The third-order valence-corrected chi connectivity index (χ3v) is 4.11. The Kier molecular flexibility index (Phi) is 10.9. The molecule has 25 heavy (non-hydrogen) atoms. The number of pyridine rings is 1. The first kappa shape index (κ1) is 23.9. The first-order valence-corrected chi connectivity index (χ1v) is 8.71. The summed E-state index contributed by atoms with van der Waals surface area (Å²) in [6, 6.07) is 2.91. The van der Waals surface area contributed by atoms with Crippen LogP contribution in [0.25, 0.3) is 0 Å². The molecule has 7 nitrogen and oxygen atoms in total. The summed E-state index contributed by atoms with van der Waals surface area (Å²) in [7, 11) is -3.67. The van der Waals surface area contributed by atoms with Gasteiger partial charge in [0.1, 0.15) is 4.90 Å². The van der Waals surface area contributed by atoms with Gasteiger partial charge in [0, 0.05) is 32.0 Å². The van der Waals surface area contributed by atoms with Gasteiger partial charge in [0.25, 0.3) is 0 Å². The molecule has 0 fully saturated rings. The summed E-state index contributed by atoms with van der Waals surface area (Å²) >= 11 is 0. The number of nitrogens with zero attached hydrogens (tertiary/aromatic N) is 2. The van der Waals surface area contributed by atoms with Gasteiger partial charge in [-0.15, -0.1) is 24.0 Å². The molecule has 0 saturated heterocycles. The summed E-state index contributed by atoms with van der Waals surface area (Å²) < 4.78 is 62.5. The topological polar surface area (TPSA) is 95.5 Å². The highest BCUT2D eigenvalue weighted by Crippen LogP contribution is 2.18. The lowest BCUT2D eigenvalue weighted by Crippen LogP contribution is -2.41. The van der Waals surface area contributed by atoms with Gasteiger partial charge >= 0.3 is 6.18 Å². The van der Waals surface area contributed by atoms with Crippen LogP contribution in [0.1, 0.15) is 13.3 Å². The van der Waals surface area contributed by atoms with Gasteiger partial charge in [0.2, 0.25) is 10.0 Å². The number of hydrogen-bond donors (Lipinski definition) is 3. The van der Waals surface area contributed by atoms with Crippen molar-refractivity contribution in [1.29, 1.82) is 0 Å². The molecule has 1 heterocycles. The van der Waals surface area contributed by atoms with E-state index in [9.17, 15) is 21.6 Å². The van der Waals surface area contributed by atoms with E-state index in [1.807, 2.05) is 0 Å². The van der Waals surface area contributed by atoms with Crippen molar-refractivity contribution in [1.82, 2.24) is 20.3 Å². The summed E-state index contributed by atoms with van der Waals surface area (Å²) in [5.74, 6) is 0.197. The Morgan fingerprint density at radius 2 is 2.00 bits per heavy atom. The van der Waals surface area contributed by atoms with Gasteiger partial charge in [0.05, 0.1) is 13.0 Å². The van der Waals surface area contributed by atoms with Crippen LogP contribution in [0.3, 0.4) is 0 Å². The van der Waals surface area contributed by atoms with Gasteiger partial charge in [-0.05, 0) is 19.1 Å². The van der Waals surface area contributed by atoms with Crippen molar-refractivity contribution in [2.75, 3.05) is 26.2 Å². The van der Waals surface area contributed by atoms with Crippen molar-refractivity contribution in [3.05, 3.63) is 24.5 Å². The summed E-state index contributed by atoms with van der Waals surface area (Å²) in [6.45, 7) is 2.05.